The SMILES string of the molecule is Cc1cc(O)c(C)c2c1OC(C)(C)C=C2. The Morgan fingerprint density at radius 1 is 1.27 bits per heavy atom. The molecule has 80 valence electrons. The highest BCUT2D eigenvalue weighted by Crippen LogP contribution is 2.39. The van der Waals surface area contributed by atoms with Crippen LogP contribution in [0.1, 0.15) is 30.5 Å². The van der Waals surface area contributed by atoms with E-state index < -0.39 is 0 Å². The lowest BCUT2D eigenvalue weighted by Gasteiger charge is -2.30. The van der Waals surface area contributed by atoms with Crippen LogP contribution in [0.4, 0.5) is 0 Å². The van der Waals surface area contributed by atoms with E-state index in [4.69, 9.17) is 4.74 Å². The van der Waals surface area contributed by atoms with E-state index in [1.807, 2.05) is 39.8 Å². The Labute approximate surface area is 90.2 Å². The molecule has 2 heteroatoms. The molecular weight excluding hydrogens is 188 g/mol. The minimum Gasteiger partial charge on any atom is -0.508 e. The molecule has 1 heterocycles. The first-order chi connectivity index (χ1) is 6.91. The molecular formula is C13H16O2. The maximum Gasteiger partial charge on any atom is 0.131 e. The number of hydrogen-bond donors (Lipinski definition) is 1. The Morgan fingerprint density at radius 2 is 1.93 bits per heavy atom. The molecule has 0 saturated carbocycles. The molecule has 1 aromatic rings. The Bertz CT molecular complexity index is 442. The van der Waals surface area contributed by atoms with E-state index in [-0.39, 0.29) is 5.60 Å². The molecule has 15 heavy (non-hydrogen) atoms. The third-order valence-corrected chi connectivity index (χ3v) is 2.76. The van der Waals surface area contributed by atoms with Crippen LogP contribution in [0.15, 0.2) is 12.1 Å². The summed E-state index contributed by atoms with van der Waals surface area (Å²) < 4.78 is 5.89. The summed E-state index contributed by atoms with van der Waals surface area (Å²) in [6.45, 7) is 7.90. The minimum atomic E-state index is -0.263. The van der Waals surface area contributed by atoms with Gasteiger partial charge in [0.2, 0.25) is 0 Å². The van der Waals surface area contributed by atoms with Crippen LogP contribution in [0.2, 0.25) is 0 Å². The van der Waals surface area contributed by atoms with E-state index in [1.54, 1.807) is 6.07 Å². The van der Waals surface area contributed by atoms with Gasteiger partial charge in [0.1, 0.15) is 17.1 Å². The van der Waals surface area contributed by atoms with Crippen LogP contribution >= 0.6 is 0 Å². The standard InChI is InChI=1S/C13H16O2/c1-8-7-11(14)9(2)10-5-6-13(3,4)15-12(8)10/h5-7,14H,1-4H3. The first kappa shape index (κ1) is 10.1. The zero-order valence-electron chi connectivity index (χ0n) is 9.59. The minimum absolute atomic E-state index is 0.263. The predicted octanol–water partition coefficient (Wildman–Crippen LogP) is 3.19. The average Bonchev–Trinajstić information content (AvgIpc) is 2.13. The van der Waals surface area contributed by atoms with Crippen molar-refractivity contribution in [2.75, 3.05) is 0 Å². The number of phenolic OH excluding ortho intramolecular Hbond substituents is 1. The van der Waals surface area contributed by atoms with Crippen molar-refractivity contribution < 1.29 is 9.84 Å². The molecule has 0 radical (unpaired) electrons. The van der Waals surface area contributed by atoms with Gasteiger partial charge in [-0.25, -0.2) is 0 Å². The topological polar surface area (TPSA) is 29.5 Å². The number of fused-ring (bicyclic) bond motifs is 1. The molecule has 1 aliphatic rings. The molecule has 0 aliphatic carbocycles. The van der Waals surface area contributed by atoms with Crippen molar-refractivity contribution >= 4 is 6.08 Å². The van der Waals surface area contributed by atoms with Crippen LogP contribution in [0.3, 0.4) is 0 Å². The van der Waals surface area contributed by atoms with Crippen molar-refractivity contribution in [3.05, 3.63) is 28.8 Å². The first-order valence-corrected chi connectivity index (χ1v) is 5.12. The summed E-state index contributed by atoms with van der Waals surface area (Å²) in [6, 6.07) is 1.75. The van der Waals surface area contributed by atoms with Crippen molar-refractivity contribution in [3.8, 4) is 11.5 Å². The fourth-order valence-electron chi connectivity index (χ4n) is 1.82. The van der Waals surface area contributed by atoms with Gasteiger partial charge in [-0.15, -0.1) is 0 Å². The Kier molecular flexibility index (Phi) is 2.03. The van der Waals surface area contributed by atoms with Crippen LogP contribution in [0.5, 0.6) is 11.5 Å². The van der Waals surface area contributed by atoms with Crippen LogP contribution in [0, 0.1) is 13.8 Å². The second-order valence-corrected chi connectivity index (χ2v) is 4.62. The van der Waals surface area contributed by atoms with Gasteiger partial charge in [0.25, 0.3) is 0 Å². The van der Waals surface area contributed by atoms with E-state index >= 15 is 0 Å². The van der Waals surface area contributed by atoms with Gasteiger partial charge in [0.15, 0.2) is 0 Å². The van der Waals surface area contributed by atoms with Gasteiger partial charge in [0, 0.05) is 11.1 Å². The van der Waals surface area contributed by atoms with Gasteiger partial charge >= 0.3 is 0 Å². The summed E-state index contributed by atoms with van der Waals surface area (Å²) in [5.74, 6) is 1.22. The molecule has 1 aliphatic heterocycles. The Morgan fingerprint density at radius 3 is 2.60 bits per heavy atom. The van der Waals surface area contributed by atoms with Crippen molar-refractivity contribution in [2.24, 2.45) is 0 Å². The van der Waals surface area contributed by atoms with Crippen LogP contribution in [-0.4, -0.2) is 10.7 Å². The highest BCUT2D eigenvalue weighted by molar-refractivity contribution is 5.69. The predicted molar refractivity (Wildman–Crippen MR) is 61.3 cm³/mol. The lowest BCUT2D eigenvalue weighted by Crippen LogP contribution is -2.28. The quantitative estimate of drug-likeness (QED) is 0.703. The second kappa shape index (κ2) is 3.02. The lowest BCUT2D eigenvalue weighted by atomic mass is 9.96. The van der Waals surface area contributed by atoms with Crippen molar-refractivity contribution in [1.29, 1.82) is 0 Å². The lowest BCUT2D eigenvalue weighted by molar-refractivity contribution is 0.157. The molecule has 0 unspecified atom stereocenters. The summed E-state index contributed by atoms with van der Waals surface area (Å²) >= 11 is 0. The fourth-order valence-corrected chi connectivity index (χ4v) is 1.82. The highest BCUT2D eigenvalue weighted by Gasteiger charge is 2.24. The molecule has 0 fully saturated rings. The van der Waals surface area contributed by atoms with Crippen LogP contribution < -0.4 is 4.74 Å². The first-order valence-electron chi connectivity index (χ1n) is 5.12. The van der Waals surface area contributed by atoms with Crippen molar-refractivity contribution in [2.45, 2.75) is 33.3 Å². The van der Waals surface area contributed by atoms with Crippen LogP contribution in [0.25, 0.3) is 6.08 Å². The summed E-state index contributed by atoms with van der Waals surface area (Å²) in [7, 11) is 0. The summed E-state index contributed by atoms with van der Waals surface area (Å²) in [6.07, 6.45) is 4.04. The Hall–Kier alpha value is -1.44. The summed E-state index contributed by atoms with van der Waals surface area (Å²) in [5.41, 5.74) is 2.58. The van der Waals surface area contributed by atoms with Gasteiger partial charge in [-0.3, -0.25) is 0 Å². The van der Waals surface area contributed by atoms with E-state index in [0.29, 0.717) is 5.75 Å². The van der Waals surface area contributed by atoms with Gasteiger partial charge < -0.3 is 9.84 Å². The Balaban J connectivity index is 2.66. The molecule has 1 aromatic carbocycles. The zero-order valence-corrected chi connectivity index (χ0v) is 9.59. The molecule has 1 N–H and O–H groups in total. The molecule has 0 spiro atoms. The van der Waals surface area contributed by atoms with Gasteiger partial charge in [-0.2, -0.15) is 0 Å². The number of aryl methyl sites for hydroxylation is 1. The molecule has 0 atom stereocenters. The van der Waals surface area contributed by atoms with Gasteiger partial charge in [0.05, 0.1) is 0 Å². The number of aromatic hydroxyl groups is 1. The molecule has 0 bridgehead atoms. The number of hydrogen-bond acceptors (Lipinski definition) is 2. The molecule has 0 aromatic heterocycles. The number of benzene rings is 1. The normalized spacial score (nSPS) is 17.1. The number of ether oxygens (including phenoxy) is 1. The molecule has 2 rings (SSSR count). The zero-order chi connectivity index (χ0) is 11.2. The molecule has 2 nitrogen and oxygen atoms in total. The largest absolute Gasteiger partial charge is 0.508 e. The number of phenols is 1. The summed E-state index contributed by atoms with van der Waals surface area (Å²) in [5, 5.41) is 9.70. The third kappa shape index (κ3) is 1.60. The van der Waals surface area contributed by atoms with Gasteiger partial charge in [-0.1, -0.05) is 6.08 Å². The van der Waals surface area contributed by atoms with E-state index in [0.717, 1.165) is 22.4 Å². The van der Waals surface area contributed by atoms with Crippen LogP contribution in [-0.2, 0) is 0 Å². The number of rotatable bonds is 0. The smallest absolute Gasteiger partial charge is 0.131 e. The van der Waals surface area contributed by atoms with Crippen molar-refractivity contribution in [3.63, 3.8) is 0 Å². The second-order valence-electron chi connectivity index (χ2n) is 4.62. The summed E-state index contributed by atoms with van der Waals surface area (Å²) in [4.78, 5) is 0. The maximum atomic E-state index is 9.70. The fraction of sp³-hybridized carbons (Fsp3) is 0.385. The molecule has 0 saturated heterocycles. The molecule has 0 amide bonds. The van der Waals surface area contributed by atoms with Gasteiger partial charge in [-0.05, 0) is 45.4 Å². The monoisotopic (exact) mass is 204 g/mol. The highest BCUT2D eigenvalue weighted by atomic mass is 16.5. The van der Waals surface area contributed by atoms with E-state index in [1.165, 1.54) is 0 Å². The van der Waals surface area contributed by atoms with E-state index in [9.17, 15) is 5.11 Å². The van der Waals surface area contributed by atoms with Crippen molar-refractivity contribution in [1.82, 2.24) is 0 Å². The maximum absolute atomic E-state index is 9.70. The third-order valence-electron chi connectivity index (χ3n) is 2.76. The average molecular weight is 204 g/mol. The van der Waals surface area contributed by atoms with E-state index in [2.05, 4.69) is 0 Å².